The third kappa shape index (κ3) is 3.80. The van der Waals surface area contributed by atoms with Crippen LogP contribution in [0.25, 0.3) is 0 Å². The quantitative estimate of drug-likeness (QED) is 0.716. The van der Waals surface area contributed by atoms with Crippen LogP contribution in [0, 0.1) is 0 Å². The predicted octanol–water partition coefficient (Wildman–Crippen LogP) is 1.54. The Kier molecular flexibility index (Phi) is 4.77. The van der Waals surface area contributed by atoms with Gasteiger partial charge in [-0.1, -0.05) is 30.3 Å². The Labute approximate surface area is 119 Å². The zero-order chi connectivity index (χ0) is 14.6. The molecular weight excluding hydrogens is 278 g/mol. The molecule has 0 spiro atoms. The van der Waals surface area contributed by atoms with Gasteiger partial charge < -0.3 is 4.74 Å². The molecule has 6 heteroatoms. The highest BCUT2D eigenvalue weighted by Gasteiger charge is 2.40. The number of sulfonamides is 1. The van der Waals surface area contributed by atoms with Gasteiger partial charge in [0.2, 0.25) is 10.0 Å². The van der Waals surface area contributed by atoms with Crippen LogP contribution in [0.1, 0.15) is 25.3 Å². The molecule has 1 fully saturated rings. The normalized spacial score (nSPS) is 15.3. The summed E-state index contributed by atoms with van der Waals surface area (Å²) in [6.45, 7) is 1.94. The molecule has 1 aromatic carbocycles. The fourth-order valence-electron chi connectivity index (χ4n) is 1.95. The van der Waals surface area contributed by atoms with Crippen LogP contribution >= 0.6 is 0 Å². The lowest BCUT2D eigenvalue weighted by Crippen LogP contribution is -2.38. The van der Waals surface area contributed by atoms with Crippen molar-refractivity contribution in [1.29, 1.82) is 0 Å². The van der Waals surface area contributed by atoms with Crippen molar-refractivity contribution in [3.63, 3.8) is 0 Å². The second kappa shape index (κ2) is 6.37. The van der Waals surface area contributed by atoms with Crippen molar-refractivity contribution in [2.45, 2.75) is 31.6 Å². The molecule has 0 unspecified atom stereocenters. The second-order valence-corrected chi connectivity index (χ2v) is 7.02. The van der Waals surface area contributed by atoms with E-state index in [1.54, 1.807) is 6.92 Å². The number of hydrogen-bond acceptors (Lipinski definition) is 4. The molecule has 20 heavy (non-hydrogen) atoms. The maximum absolute atomic E-state index is 12.4. The van der Waals surface area contributed by atoms with Crippen LogP contribution in [0.2, 0.25) is 0 Å². The number of nitrogens with zero attached hydrogens (tertiary/aromatic N) is 1. The molecule has 0 aliphatic heterocycles. The molecule has 1 aliphatic carbocycles. The first-order valence-corrected chi connectivity index (χ1v) is 8.23. The Morgan fingerprint density at radius 3 is 2.50 bits per heavy atom. The largest absolute Gasteiger partial charge is 0.465 e. The SMILES string of the molecule is CCOC(=O)CN(Cc1ccccc1)S(=O)(=O)C1CC1. The second-order valence-electron chi connectivity index (χ2n) is 4.80. The van der Waals surface area contributed by atoms with E-state index in [4.69, 9.17) is 4.74 Å². The maximum Gasteiger partial charge on any atom is 0.321 e. The monoisotopic (exact) mass is 297 g/mol. The molecule has 110 valence electrons. The third-order valence-corrected chi connectivity index (χ3v) is 5.41. The van der Waals surface area contributed by atoms with Crippen molar-refractivity contribution in [3.05, 3.63) is 35.9 Å². The number of carbonyl (C=O) groups is 1. The fourth-order valence-corrected chi connectivity index (χ4v) is 3.72. The highest BCUT2D eigenvalue weighted by Crippen LogP contribution is 2.31. The van der Waals surface area contributed by atoms with Crippen molar-refractivity contribution in [1.82, 2.24) is 4.31 Å². The van der Waals surface area contributed by atoms with E-state index in [1.807, 2.05) is 30.3 Å². The summed E-state index contributed by atoms with van der Waals surface area (Å²) in [7, 11) is -3.41. The van der Waals surface area contributed by atoms with Crippen LogP contribution in [-0.2, 0) is 26.1 Å². The lowest BCUT2D eigenvalue weighted by molar-refractivity contribution is -0.143. The average molecular weight is 297 g/mol. The van der Waals surface area contributed by atoms with Gasteiger partial charge in [0, 0.05) is 6.54 Å². The molecule has 0 aromatic heterocycles. The van der Waals surface area contributed by atoms with Gasteiger partial charge in [-0.25, -0.2) is 8.42 Å². The highest BCUT2D eigenvalue weighted by atomic mass is 32.2. The summed E-state index contributed by atoms with van der Waals surface area (Å²) in [6.07, 6.45) is 1.35. The van der Waals surface area contributed by atoms with E-state index in [9.17, 15) is 13.2 Å². The van der Waals surface area contributed by atoms with Crippen molar-refractivity contribution in [2.24, 2.45) is 0 Å². The number of rotatable bonds is 7. The zero-order valence-electron chi connectivity index (χ0n) is 11.5. The minimum absolute atomic E-state index is 0.207. The Morgan fingerprint density at radius 2 is 1.95 bits per heavy atom. The topological polar surface area (TPSA) is 63.7 Å². The van der Waals surface area contributed by atoms with Gasteiger partial charge in [-0.05, 0) is 25.3 Å². The molecule has 0 heterocycles. The van der Waals surface area contributed by atoms with Gasteiger partial charge in [0.15, 0.2) is 0 Å². The summed E-state index contributed by atoms with van der Waals surface area (Å²) < 4.78 is 30.8. The van der Waals surface area contributed by atoms with Crippen LogP contribution in [0.5, 0.6) is 0 Å². The van der Waals surface area contributed by atoms with E-state index >= 15 is 0 Å². The lowest BCUT2D eigenvalue weighted by Gasteiger charge is -2.21. The molecule has 1 aliphatic rings. The number of ether oxygens (including phenoxy) is 1. The summed E-state index contributed by atoms with van der Waals surface area (Å²) in [5.74, 6) is -0.507. The number of benzene rings is 1. The lowest BCUT2D eigenvalue weighted by atomic mass is 10.2. The van der Waals surface area contributed by atoms with Gasteiger partial charge in [0.05, 0.1) is 11.9 Å². The maximum atomic E-state index is 12.4. The smallest absolute Gasteiger partial charge is 0.321 e. The van der Waals surface area contributed by atoms with E-state index in [0.717, 1.165) is 5.56 Å². The molecule has 1 saturated carbocycles. The first-order valence-electron chi connectivity index (χ1n) is 6.72. The molecule has 0 bridgehead atoms. The van der Waals surface area contributed by atoms with Gasteiger partial charge in [-0.2, -0.15) is 4.31 Å². The van der Waals surface area contributed by atoms with Crippen LogP contribution in [0.15, 0.2) is 30.3 Å². The number of carbonyl (C=O) groups excluding carboxylic acids is 1. The minimum Gasteiger partial charge on any atom is -0.465 e. The first kappa shape index (κ1) is 15.0. The zero-order valence-corrected chi connectivity index (χ0v) is 12.3. The van der Waals surface area contributed by atoms with E-state index in [2.05, 4.69) is 0 Å². The molecule has 0 saturated heterocycles. The standard InChI is InChI=1S/C14H19NO4S/c1-2-19-14(16)11-15(20(17,18)13-8-9-13)10-12-6-4-3-5-7-12/h3-7,13H,2,8-11H2,1H3. The highest BCUT2D eigenvalue weighted by molar-refractivity contribution is 7.90. The summed E-state index contributed by atoms with van der Waals surface area (Å²) >= 11 is 0. The number of esters is 1. The van der Waals surface area contributed by atoms with Gasteiger partial charge in [0.1, 0.15) is 6.54 Å². The van der Waals surface area contributed by atoms with Crippen molar-refractivity contribution in [2.75, 3.05) is 13.2 Å². The molecule has 5 nitrogen and oxygen atoms in total. The summed E-state index contributed by atoms with van der Waals surface area (Å²) in [5, 5.41) is -0.333. The van der Waals surface area contributed by atoms with Gasteiger partial charge >= 0.3 is 5.97 Å². The fraction of sp³-hybridized carbons (Fsp3) is 0.500. The Hall–Kier alpha value is -1.40. The molecule has 0 N–H and O–H groups in total. The Balaban J connectivity index is 2.13. The van der Waals surface area contributed by atoms with Crippen LogP contribution in [0.3, 0.4) is 0 Å². The molecule has 1 aromatic rings. The van der Waals surface area contributed by atoms with E-state index in [-0.39, 0.29) is 24.9 Å². The van der Waals surface area contributed by atoms with Crippen molar-refractivity contribution < 1.29 is 17.9 Å². The average Bonchev–Trinajstić information content (AvgIpc) is 3.24. The number of hydrogen-bond donors (Lipinski definition) is 0. The van der Waals surface area contributed by atoms with Crippen LogP contribution in [-0.4, -0.2) is 37.1 Å². The van der Waals surface area contributed by atoms with E-state index in [1.165, 1.54) is 4.31 Å². The van der Waals surface area contributed by atoms with E-state index in [0.29, 0.717) is 12.8 Å². The van der Waals surface area contributed by atoms with Crippen LogP contribution < -0.4 is 0 Å². The van der Waals surface area contributed by atoms with Crippen molar-refractivity contribution >= 4 is 16.0 Å². The summed E-state index contributed by atoms with van der Waals surface area (Å²) in [6, 6.07) is 9.26. The van der Waals surface area contributed by atoms with Gasteiger partial charge in [-0.15, -0.1) is 0 Å². The molecule has 2 rings (SSSR count). The van der Waals surface area contributed by atoms with E-state index < -0.39 is 16.0 Å². The molecular formula is C14H19NO4S. The summed E-state index contributed by atoms with van der Waals surface area (Å²) in [4.78, 5) is 11.6. The van der Waals surface area contributed by atoms with Gasteiger partial charge in [-0.3, -0.25) is 4.79 Å². The minimum atomic E-state index is -3.41. The molecule has 0 radical (unpaired) electrons. The first-order chi connectivity index (χ1) is 9.54. The predicted molar refractivity (Wildman–Crippen MR) is 75.4 cm³/mol. The van der Waals surface area contributed by atoms with Crippen molar-refractivity contribution in [3.8, 4) is 0 Å². The van der Waals surface area contributed by atoms with Gasteiger partial charge in [0.25, 0.3) is 0 Å². The molecule has 0 atom stereocenters. The third-order valence-electron chi connectivity index (χ3n) is 3.12. The Morgan fingerprint density at radius 1 is 1.30 bits per heavy atom. The Bertz CT molecular complexity index is 552. The van der Waals surface area contributed by atoms with Crippen LogP contribution in [0.4, 0.5) is 0 Å². The summed E-state index contributed by atoms with van der Waals surface area (Å²) in [5.41, 5.74) is 0.862. The molecule has 0 amide bonds.